The summed E-state index contributed by atoms with van der Waals surface area (Å²) in [6, 6.07) is 13.3. The Hall–Kier alpha value is -3.15. The molecule has 1 unspecified atom stereocenters. The molecule has 2 aromatic carbocycles. The maximum absolute atomic E-state index is 13.2. The van der Waals surface area contributed by atoms with Crippen molar-refractivity contribution in [3.63, 3.8) is 0 Å². The van der Waals surface area contributed by atoms with E-state index in [2.05, 4.69) is 10.6 Å². The molecule has 1 heterocycles. The van der Waals surface area contributed by atoms with E-state index in [-0.39, 0.29) is 5.91 Å². The zero-order chi connectivity index (χ0) is 22.0. The highest BCUT2D eigenvalue weighted by atomic mass is 16.2. The predicted molar refractivity (Wildman–Crippen MR) is 125 cm³/mol. The van der Waals surface area contributed by atoms with Gasteiger partial charge in [-0.3, -0.25) is 9.79 Å². The number of urea groups is 1. The standard InChI is InChI=1S/C25H30N4O2/c1-16-10-9-11-17(2)21(16)27-25(31)28-23-24(30)29(3)20-15-8-7-14-19(20)22(26-23)18-12-5-4-6-13-18/h7-11,14-15,18,23H,4-6,12-13H2,1-3H3,(H2,27,28,31). The molecule has 3 amide bonds. The van der Waals surface area contributed by atoms with Gasteiger partial charge in [0.2, 0.25) is 6.17 Å². The number of hydrogen-bond acceptors (Lipinski definition) is 3. The molecule has 4 rings (SSSR count). The van der Waals surface area contributed by atoms with Gasteiger partial charge in [0.15, 0.2) is 0 Å². The maximum Gasteiger partial charge on any atom is 0.321 e. The van der Waals surface area contributed by atoms with Crippen LogP contribution in [0.25, 0.3) is 0 Å². The van der Waals surface area contributed by atoms with Crippen molar-refractivity contribution in [2.75, 3.05) is 17.3 Å². The summed E-state index contributed by atoms with van der Waals surface area (Å²) >= 11 is 0. The summed E-state index contributed by atoms with van der Waals surface area (Å²) in [6.07, 6.45) is 4.74. The lowest BCUT2D eigenvalue weighted by Gasteiger charge is -2.25. The number of anilines is 2. The number of nitrogens with zero attached hydrogens (tertiary/aromatic N) is 2. The first-order valence-electron chi connectivity index (χ1n) is 11.0. The lowest BCUT2D eigenvalue weighted by atomic mass is 9.83. The van der Waals surface area contributed by atoms with E-state index in [1.54, 1.807) is 11.9 Å². The third kappa shape index (κ3) is 4.33. The summed E-state index contributed by atoms with van der Waals surface area (Å²) in [4.78, 5) is 32.5. The second kappa shape index (κ2) is 8.92. The topological polar surface area (TPSA) is 73.8 Å². The van der Waals surface area contributed by atoms with E-state index in [0.29, 0.717) is 5.92 Å². The second-order valence-electron chi connectivity index (χ2n) is 8.53. The zero-order valence-electron chi connectivity index (χ0n) is 18.4. The first-order valence-corrected chi connectivity index (χ1v) is 11.0. The minimum absolute atomic E-state index is 0.241. The molecule has 0 radical (unpaired) electrons. The molecule has 6 nitrogen and oxygen atoms in total. The second-order valence-corrected chi connectivity index (χ2v) is 8.53. The monoisotopic (exact) mass is 418 g/mol. The van der Waals surface area contributed by atoms with Crippen LogP contribution in [-0.2, 0) is 4.79 Å². The Morgan fingerprint density at radius 2 is 1.68 bits per heavy atom. The largest absolute Gasteiger partial charge is 0.321 e. The van der Waals surface area contributed by atoms with Crippen LogP contribution in [-0.4, -0.2) is 30.9 Å². The molecular formula is C25H30N4O2. The Morgan fingerprint density at radius 1 is 1.00 bits per heavy atom. The van der Waals surface area contributed by atoms with Crippen LogP contribution in [0.3, 0.4) is 0 Å². The van der Waals surface area contributed by atoms with Gasteiger partial charge in [0.05, 0.1) is 11.4 Å². The van der Waals surface area contributed by atoms with Crippen molar-refractivity contribution < 1.29 is 9.59 Å². The third-order valence-corrected chi connectivity index (χ3v) is 6.35. The molecule has 162 valence electrons. The molecule has 1 atom stereocenters. The van der Waals surface area contributed by atoms with Crippen LogP contribution in [0.5, 0.6) is 0 Å². The minimum Gasteiger partial charge on any atom is -0.311 e. The van der Waals surface area contributed by atoms with Crippen molar-refractivity contribution in [1.29, 1.82) is 0 Å². The van der Waals surface area contributed by atoms with Crippen molar-refractivity contribution in [1.82, 2.24) is 5.32 Å². The number of hydrogen-bond donors (Lipinski definition) is 2. The van der Waals surface area contributed by atoms with Crippen LogP contribution < -0.4 is 15.5 Å². The fourth-order valence-electron chi connectivity index (χ4n) is 4.63. The number of amides is 3. The van der Waals surface area contributed by atoms with Crippen LogP contribution in [0, 0.1) is 19.8 Å². The molecule has 0 bridgehead atoms. The van der Waals surface area contributed by atoms with Gasteiger partial charge in [0.25, 0.3) is 5.91 Å². The Kier molecular flexibility index (Phi) is 6.07. The number of benzodiazepines with no additional fused rings is 1. The van der Waals surface area contributed by atoms with E-state index in [1.807, 2.05) is 56.3 Å². The van der Waals surface area contributed by atoms with Crippen LogP contribution in [0.1, 0.15) is 48.8 Å². The highest BCUT2D eigenvalue weighted by Crippen LogP contribution is 2.33. The fourth-order valence-corrected chi connectivity index (χ4v) is 4.63. The van der Waals surface area contributed by atoms with Gasteiger partial charge in [-0.05, 0) is 43.9 Å². The summed E-state index contributed by atoms with van der Waals surface area (Å²) in [6.45, 7) is 3.90. The molecule has 0 spiro atoms. The highest BCUT2D eigenvalue weighted by Gasteiger charge is 2.33. The molecule has 0 saturated heterocycles. The van der Waals surface area contributed by atoms with Gasteiger partial charge in [-0.15, -0.1) is 0 Å². The van der Waals surface area contributed by atoms with Crippen molar-refractivity contribution in [3.8, 4) is 0 Å². The summed E-state index contributed by atoms with van der Waals surface area (Å²) in [5.74, 6) is 0.0649. The van der Waals surface area contributed by atoms with E-state index in [9.17, 15) is 9.59 Å². The number of para-hydroxylation sites is 2. The van der Waals surface area contributed by atoms with Crippen LogP contribution >= 0.6 is 0 Å². The number of nitrogens with one attached hydrogen (secondary N) is 2. The van der Waals surface area contributed by atoms with Crippen molar-refractivity contribution in [2.24, 2.45) is 10.9 Å². The Balaban J connectivity index is 1.65. The van der Waals surface area contributed by atoms with Crippen molar-refractivity contribution in [3.05, 3.63) is 59.2 Å². The molecule has 1 fully saturated rings. The Morgan fingerprint density at radius 3 is 2.39 bits per heavy atom. The number of benzene rings is 2. The van der Waals surface area contributed by atoms with E-state index >= 15 is 0 Å². The van der Waals surface area contributed by atoms with Gasteiger partial charge in [0.1, 0.15) is 0 Å². The van der Waals surface area contributed by atoms with Crippen LogP contribution in [0.15, 0.2) is 47.5 Å². The fraction of sp³-hybridized carbons (Fsp3) is 0.400. The number of fused-ring (bicyclic) bond motifs is 1. The van der Waals surface area contributed by atoms with Crippen molar-refractivity contribution >= 4 is 29.0 Å². The molecule has 0 aromatic heterocycles. The first kappa shape index (κ1) is 21.1. The summed E-state index contributed by atoms with van der Waals surface area (Å²) in [7, 11) is 1.75. The number of rotatable bonds is 3. The third-order valence-electron chi connectivity index (χ3n) is 6.35. The first-order chi connectivity index (χ1) is 15.0. The minimum atomic E-state index is -0.960. The Labute approximate surface area is 183 Å². The average Bonchev–Trinajstić information content (AvgIpc) is 2.88. The summed E-state index contributed by atoms with van der Waals surface area (Å²) in [5, 5.41) is 5.72. The molecular weight excluding hydrogens is 388 g/mol. The molecule has 1 aliphatic carbocycles. The molecule has 31 heavy (non-hydrogen) atoms. The number of aliphatic imine (C=N–C) groups is 1. The van der Waals surface area contributed by atoms with Gasteiger partial charge in [-0.1, -0.05) is 55.7 Å². The normalized spacial score (nSPS) is 19.3. The smallest absolute Gasteiger partial charge is 0.311 e. The average molecular weight is 419 g/mol. The van der Waals surface area contributed by atoms with Gasteiger partial charge in [0, 0.05) is 24.2 Å². The lowest BCUT2D eigenvalue weighted by molar-refractivity contribution is -0.119. The molecule has 2 aliphatic rings. The van der Waals surface area contributed by atoms with Gasteiger partial charge in [-0.25, -0.2) is 4.79 Å². The molecule has 2 N–H and O–H groups in total. The van der Waals surface area contributed by atoms with Crippen LogP contribution in [0.4, 0.5) is 16.2 Å². The number of likely N-dealkylation sites (N-methyl/N-ethyl adjacent to an activating group) is 1. The van der Waals surface area contributed by atoms with E-state index in [1.165, 1.54) is 19.3 Å². The van der Waals surface area contributed by atoms with Crippen LogP contribution in [0.2, 0.25) is 0 Å². The number of aryl methyl sites for hydroxylation is 2. The predicted octanol–water partition coefficient (Wildman–Crippen LogP) is 4.80. The molecule has 2 aromatic rings. The maximum atomic E-state index is 13.2. The van der Waals surface area contributed by atoms with E-state index < -0.39 is 12.2 Å². The molecule has 6 heteroatoms. The molecule has 1 aliphatic heterocycles. The van der Waals surface area contributed by atoms with E-state index in [4.69, 9.17) is 4.99 Å². The SMILES string of the molecule is Cc1cccc(C)c1NC(=O)NC1N=C(C2CCCCC2)c2ccccc2N(C)C1=O. The molecule has 1 saturated carbocycles. The summed E-state index contributed by atoms with van der Waals surface area (Å²) in [5.41, 5.74) is 5.47. The quantitative estimate of drug-likeness (QED) is 0.752. The number of carbonyl (C=O) groups excluding carboxylic acids is 2. The highest BCUT2D eigenvalue weighted by molar-refractivity contribution is 6.14. The summed E-state index contributed by atoms with van der Waals surface area (Å²) < 4.78 is 0. The van der Waals surface area contributed by atoms with Gasteiger partial charge in [-0.2, -0.15) is 0 Å². The Bertz CT molecular complexity index is 1000. The number of carbonyl (C=O) groups is 2. The van der Waals surface area contributed by atoms with Crippen molar-refractivity contribution in [2.45, 2.75) is 52.1 Å². The lowest BCUT2D eigenvalue weighted by Crippen LogP contribution is -2.47. The van der Waals surface area contributed by atoms with Gasteiger partial charge < -0.3 is 15.5 Å². The van der Waals surface area contributed by atoms with E-state index in [0.717, 1.165) is 46.6 Å². The zero-order valence-corrected chi connectivity index (χ0v) is 18.4. The van der Waals surface area contributed by atoms with Gasteiger partial charge >= 0.3 is 6.03 Å².